The number of aliphatic hydroxyl groups is 1. The molecular weight excluding hydrogens is 292 g/mol. The average molecular weight is 324 g/mol. The van der Waals surface area contributed by atoms with Crippen molar-refractivity contribution in [2.45, 2.75) is 71.1 Å². The van der Waals surface area contributed by atoms with E-state index in [4.69, 9.17) is 9.84 Å². The second-order valence-corrected chi connectivity index (χ2v) is 7.60. The highest BCUT2D eigenvalue weighted by Crippen LogP contribution is 2.39. The molecule has 4 heteroatoms. The fraction of sp³-hybridized carbons (Fsp3) is 0.895. The van der Waals surface area contributed by atoms with Gasteiger partial charge < -0.3 is 9.84 Å². The smallest absolute Gasteiger partial charge is 0.377 e. The molecular formula is C19H32O4. The third-order valence-corrected chi connectivity index (χ3v) is 6.00. The number of carbonyl (C=O) groups is 2. The molecule has 0 spiro atoms. The summed E-state index contributed by atoms with van der Waals surface area (Å²) in [5.41, 5.74) is 0. The van der Waals surface area contributed by atoms with E-state index in [1.807, 2.05) is 0 Å². The molecule has 0 aromatic carbocycles. The second-order valence-electron chi connectivity index (χ2n) is 7.60. The van der Waals surface area contributed by atoms with Crippen LogP contribution in [0, 0.1) is 23.7 Å². The van der Waals surface area contributed by atoms with E-state index in [2.05, 4.69) is 6.92 Å². The fourth-order valence-corrected chi connectivity index (χ4v) is 4.32. The molecule has 0 aromatic rings. The number of Topliss-reactive ketones (excluding diaryl/α,β-unsaturated/α-hetero) is 1. The van der Waals surface area contributed by atoms with Gasteiger partial charge in [-0.1, -0.05) is 51.9 Å². The molecule has 2 fully saturated rings. The van der Waals surface area contributed by atoms with Crippen molar-refractivity contribution in [1.82, 2.24) is 0 Å². The van der Waals surface area contributed by atoms with Crippen molar-refractivity contribution in [2.24, 2.45) is 23.7 Å². The van der Waals surface area contributed by atoms with Gasteiger partial charge in [0.05, 0.1) is 6.61 Å². The van der Waals surface area contributed by atoms with E-state index in [0.29, 0.717) is 12.5 Å². The molecule has 0 aromatic heterocycles. The summed E-state index contributed by atoms with van der Waals surface area (Å²) >= 11 is 0. The minimum absolute atomic E-state index is 0.332. The number of hydrogen-bond donors (Lipinski definition) is 1. The van der Waals surface area contributed by atoms with Crippen LogP contribution in [0.25, 0.3) is 0 Å². The molecule has 2 saturated carbocycles. The van der Waals surface area contributed by atoms with Gasteiger partial charge in [0.1, 0.15) is 6.61 Å². The fourth-order valence-electron chi connectivity index (χ4n) is 4.32. The lowest BCUT2D eigenvalue weighted by molar-refractivity contribution is -0.156. The van der Waals surface area contributed by atoms with Gasteiger partial charge in [0, 0.05) is 0 Å². The van der Waals surface area contributed by atoms with Gasteiger partial charge in [-0.2, -0.15) is 0 Å². The zero-order valence-corrected chi connectivity index (χ0v) is 14.5. The Morgan fingerprint density at radius 3 is 1.83 bits per heavy atom. The lowest BCUT2D eigenvalue weighted by Gasteiger charge is -2.33. The number of ketones is 1. The number of ether oxygens (including phenoxy) is 1. The van der Waals surface area contributed by atoms with Gasteiger partial charge in [-0.05, 0) is 42.9 Å². The van der Waals surface area contributed by atoms with Crippen LogP contribution in [0.4, 0.5) is 0 Å². The van der Waals surface area contributed by atoms with Crippen LogP contribution in [-0.4, -0.2) is 30.1 Å². The Morgan fingerprint density at radius 1 is 0.870 bits per heavy atom. The topological polar surface area (TPSA) is 63.6 Å². The Labute approximate surface area is 140 Å². The molecule has 0 bridgehead atoms. The van der Waals surface area contributed by atoms with E-state index in [9.17, 15) is 9.59 Å². The highest BCUT2D eigenvalue weighted by Gasteiger charge is 2.27. The van der Waals surface area contributed by atoms with Crippen LogP contribution >= 0.6 is 0 Å². The minimum Gasteiger partial charge on any atom is -0.460 e. The van der Waals surface area contributed by atoms with Crippen molar-refractivity contribution >= 4 is 11.8 Å². The average Bonchev–Trinajstić information content (AvgIpc) is 2.60. The van der Waals surface area contributed by atoms with Crippen molar-refractivity contribution in [2.75, 3.05) is 13.2 Å². The molecule has 0 saturated heterocycles. The Bertz CT molecular complexity index is 377. The first-order chi connectivity index (χ1) is 11.1. The highest BCUT2D eigenvalue weighted by atomic mass is 16.5. The van der Waals surface area contributed by atoms with Crippen LogP contribution in [0.15, 0.2) is 0 Å². The third kappa shape index (κ3) is 5.91. The van der Waals surface area contributed by atoms with Gasteiger partial charge in [-0.15, -0.1) is 0 Å². The maximum absolute atomic E-state index is 11.3. The van der Waals surface area contributed by atoms with Crippen LogP contribution in [0.1, 0.15) is 71.1 Å². The van der Waals surface area contributed by atoms with Crippen LogP contribution in [0.3, 0.4) is 0 Å². The van der Waals surface area contributed by atoms with E-state index in [1.54, 1.807) is 0 Å². The quantitative estimate of drug-likeness (QED) is 0.575. The molecule has 2 rings (SSSR count). The second kappa shape index (κ2) is 9.41. The molecule has 0 aliphatic heterocycles. The van der Waals surface area contributed by atoms with Gasteiger partial charge in [0.25, 0.3) is 5.78 Å². The molecule has 1 N–H and O–H groups in total. The first-order valence-corrected chi connectivity index (χ1v) is 9.43. The van der Waals surface area contributed by atoms with Crippen molar-refractivity contribution < 1.29 is 19.4 Å². The van der Waals surface area contributed by atoms with Crippen LogP contribution < -0.4 is 0 Å². The summed E-state index contributed by atoms with van der Waals surface area (Å²) in [6.07, 6.45) is 13.0. The number of carbonyl (C=O) groups excluding carboxylic acids is 2. The predicted octanol–water partition coefficient (Wildman–Crippen LogP) is 3.50. The molecule has 2 aliphatic carbocycles. The van der Waals surface area contributed by atoms with E-state index >= 15 is 0 Å². The number of rotatable bonds is 7. The summed E-state index contributed by atoms with van der Waals surface area (Å²) in [6, 6.07) is 0. The minimum atomic E-state index is -0.887. The van der Waals surface area contributed by atoms with Gasteiger partial charge in [0.2, 0.25) is 0 Å². The first kappa shape index (κ1) is 18.4. The normalized spacial score (nSPS) is 31.6. The van der Waals surface area contributed by atoms with Gasteiger partial charge in [-0.25, -0.2) is 4.79 Å². The van der Waals surface area contributed by atoms with E-state index in [0.717, 1.165) is 30.6 Å². The number of aliphatic hydroxyl groups excluding tert-OH is 1. The standard InChI is InChI=1S/C19H32O4/c1-2-14-3-5-15(6-4-14)11-16-7-9-17(10-8-16)13-23-19(22)18(21)12-20/h14-17,20H,2-13H2,1H3. The summed E-state index contributed by atoms with van der Waals surface area (Å²) in [5, 5.41) is 8.61. The van der Waals surface area contributed by atoms with Crippen molar-refractivity contribution in [3.63, 3.8) is 0 Å². The first-order valence-electron chi connectivity index (χ1n) is 9.43. The van der Waals surface area contributed by atoms with Crippen LogP contribution in [0.2, 0.25) is 0 Å². The summed E-state index contributed by atoms with van der Waals surface area (Å²) < 4.78 is 5.00. The molecule has 4 nitrogen and oxygen atoms in total. The molecule has 0 radical (unpaired) electrons. The lowest BCUT2D eigenvalue weighted by atomic mass is 9.73. The predicted molar refractivity (Wildman–Crippen MR) is 88.9 cm³/mol. The van der Waals surface area contributed by atoms with Crippen molar-refractivity contribution in [3.05, 3.63) is 0 Å². The van der Waals surface area contributed by atoms with E-state index < -0.39 is 18.4 Å². The number of esters is 1. The molecule has 2 aliphatic rings. The van der Waals surface area contributed by atoms with Crippen molar-refractivity contribution in [1.29, 1.82) is 0 Å². The van der Waals surface area contributed by atoms with Gasteiger partial charge in [-0.3, -0.25) is 4.79 Å². The maximum atomic E-state index is 11.3. The van der Waals surface area contributed by atoms with Crippen LogP contribution in [0.5, 0.6) is 0 Å². The van der Waals surface area contributed by atoms with Gasteiger partial charge >= 0.3 is 5.97 Å². The van der Waals surface area contributed by atoms with E-state index in [-0.39, 0.29) is 0 Å². The molecule has 0 heterocycles. The molecule has 23 heavy (non-hydrogen) atoms. The Morgan fingerprint density at radius 2 is 1.35 bits per heavy atom. The molecule has 132 valence electrons. The zero-order valence-electron chi connectivity index (χ0n) is 14.5. The summed E-state index contributed by atoms with van der Waals surface area (Å²) in [5.74, 6) is 1.39. The molecule has 0 unspecified atom stereocenters. The third-order valence-electron chi connectivity index (χ3n) is 6.00. The Kier molecular flexibility index (Phi) is 7.54. The summed E-state index contributed by atoms with van der Waals surface area (Å²) in [6.45, 7) is 1.89. The summed E-state index contributed by atoms with van der Waals surface area (Å²) in [4.78, 5) is 22.2. The molecule has 0 atom stereocenters. The highest BCUT2D eigenvalue weighted by molar-refractivity contribution is 6.34. The summed E-state index contributed by atoms with van der Waals surface area (Å²) in [7, 11) is 0. The van der Waals surface area contributed by atoms with Crippen molar-refractivity contribution in [3.8, 4) is 0 Å². The Balaban J connectivity index is 1.61. The monoisotopic (exact) mass is 324 g/mol. The SMILES string of the molecule is CCC1CCC(CC2CCC(COC(=O)C(=O)CO)CC2)CC1. The van der Waals surface area contributed by atoms with Crippen LogP contribution in [-0.2, 0) is 14.3 Å². The Hall–Kier alpha value is -0.900. The maximum Gasteiger partial charge on any atom is 0.377 e. The zero-order chi connectivity index (χ0) is 16.7. The largest absolute Gasteiger partial charge is 0.460 e. The lowest BCUT2D eigenvalue weighted by Crippen LogP contribution is -2.26. The van der Waals surface area contributed by atoms with Gasteiger partial charge in [0.15, 0.2) is 0 Å². The molecule has 0 amide bonds. The number of hydrogen-bond acceptors (Lipinski definition) is 4. The van der Waals surface area contributed by atoms with E-state index in [1.165, 1.54) is 51.4 Å².